The summed E-state index contributed by atoms with van der Waals surface area (Å²) in [7, 11) is -4.59. The minimum absolute atomic E-state index is 0.117. The fraction of sp³-hybridized carbons (Fsp3) is 0. The lowest BCUT2D eigenvalue weighted by molar-refractivity contribution is 0.373. The molecule has 1 aromatic rings. The van der Waals surface area contributed by atoms with Crippen LogP contribution in [0.2, 0.25) is 0 Å². The van der Waals surface area contributed by atoms with Gasteiger partial charge in [-0.15, -0.1) is 0 Å². The summed E-state index contributed by atoms with van der Waals surface area (Å²) in [6.07, 6.45) is 1.18. The molecule has 0 atom stereocenters. The molecule has 0 spiro atoms. The molecule has 0 saturated heterocycles. The van der Waals surface area contributed by atoms with Gasteiger partial charge in [0.05, 0.1) is 5.69 Å². The molecule has 0 bridgehead atoms. The lowest BCUT2D eigenvalue weighted by Crippen LogP contribution is -2.16. The molecule has 0 saturated carbocycles. The Morgan fingerprint density at radius 1 is 1.23 bits per heavy atom. The molecule has 69 valence electrons. The van der Waals surface area contributed by atoms with Gasteiger partial charge in [-0.05, 0) is 12.1 Å². The number of carbonyl (C=O) groups excluding carboxylic acids is 1. The second-order valence-corrected chi connectivity index (χ2v) is 3.68. The van der Waals surface area contributed by atoms with Crippen LogP contribution in [0.1, 0.15) is 0 Å². The zero-order chi connectivity index (χ0) is 9.90. The first-order valence-electron chi connectivity index (χ1n) is 3.34. The van der Waals surface area contributed by atoms with Crippen LogP contribution >= 0.6 is 7.75 Å². The molecule has 1 rings (SSSR count). The van der Waals surface area contributed by atoms with Crippen molar-refractivity contribution in [1.82, 2.24) is 0 Å². The van der Waals surface area contributed by atoms with Gasteiger partial charge in [0, 0.05) is 0 Å². The highest BCUT2D eigenvalue weighted by Crippen LogP contribution is 2.41. The summed E-state index contributed by atoms with van der Waals surface area (Å²) in [6, 6.07) is 7.62. The van der Waals surface area contributed by atoms with Crippen LogP contribution in [-0.4, -0.2) is 16.2 Å². The van der Waals surface area contributed by atoms with E-state index in [2.05, 4.69) is 0 Å². The first kappa shape index (κ1) is 9.92. The van der Waals surface area contributed by atoms with Crippen molar-refractivity contribution in [3.8, 4) is 0 Å². The van der Waals surface area contributed by atoms with E-state index in [1.54, 1.807) is 18.2 Å². The average molecular weight is 200 g/mol. The number of para-hydroxylation sites is 1. The fourth-order valence-electron chi connectivity index (χ4n) is 0.826. The van der Waals surface area contributed by atoms with Crippen LogP contribution < -0.4 is 4.67 Å². The maximum absolute atomic E-state index is 10.7. The van der Waals surface area contributed by atoms with E-state index < -0.39 is 7.75 Å². The average Bonchev–Trinajstić information content (AvgIpc) is 2.05. The molecule has 0 aromatic heterocycles. The van der Waals surface area contributed by atoms with Gasteiger partial charge in [-0.25, -0.2) is 9.24 Å². The number of rotatable bonds is 3. The SMILES string of the molecule is O=[C]N(c1ccccc1)P(=O)(O)O. The second-order valence-electron chi connectivity index (χ2n) is 2.25. The van der Waals surface area contributed by atoms with E-state index in [0.717, 1.165) is 0 Å². The van der Waals surface area contributed by atoms with Crippen LogP contribution in [0.4, 0.5) is 5.69 Å². The van der Waals surface area contributed by atoms with Crippen molar-refractivity contribution in [3.63, 3.8) is 0 Å². The van der Waals surface area contributed by atoms with Gasteiger partial charge in [-0.2, -0.15) is 0 Å². The van der Waals surface area contributed by atoms with Crippen molar-refractivity contribution in [3.05, 3.63) is 30.3 Å². The van der Waals surface area contributed by atoms with Crippen LogP contribution in [0.15, 0.2) is 30.3 Å². The maximum atomic E-state index is 10.7. The van der Waals surface area contributed by atoms with Crippen LogP contribution in [-0.2, 0) is 9.36 Å². The molecule has 6 heteroatoms. The lowest BCUT2D eigenvalue weighted by atomic mass is 10.3. The molecule has 0 aliphatic heterocycles. The molecule has 0 aliphatic carbocycles. The summed E-state index contributed by atoms with van der Waals surface area (Å²) in [5.74, 6) is 0. The summed E-state index contributed by atoms with van der Waals surface area (Å²) in [5, 5.41) is 0. The highest BCUT2D eigenvalue weighted by atomic mass is 31.2. The van der Waals surface area contributed by atoms with Gasteiger partial charge in [0.2, 0.25) is 0 Å². The first-order chi connectivity index (χ1) is 6.05. The molecule has 0 aliphatic rings. The summed E-state index contributed by atoms with van der Waals surface area (Å²) in [6.45, 7) is 0. The fourth-order valence-corrected chi connectivity index (χ4v) is 1.37. The monoisotopic (exact) mass is 200 g/mol. The van der Waals surface area contributed by atoms with E-state index in [-0.39, 0.29) is 10.4 Å². The maximum Gasteiger partial charge on any atom is 0.437 e. The molecule has 5 nitrogen and oxygen atoms in total. The van der Waals surface area contributed by atoms with Gasteiger partial charge in [0.15, 0.2) is 0 Å². The van der Waals surface area contributed by atoms with Crippen molar-refractivity contribution in [2.45, 2.75) is 0 Å². The molecular weight excluding hydrogens is 193 g/mol. The van der Waals surface area contributed by atoms with Crippen molar-refractivity contribution in [2.75, 3.05) is 4.67 Å². The predicted octanol–water partition coefficient (Wildman–Crippen LogP) is 0.653. The highest BCUT2D eigenvalue weighted by Gasteiger charge is 2.25. The van der Waals surface area contributed by atoms with E-state index in [1.807, 2.05) is 0 Å². The standard InChI is InChI=1S/C7H7NO4P/c9-6-8(13(10,11)12)7-4-2-1-3-5-7/h1-5H,(H2,10,11,12). The Morgan fingerprint density at radius 2 is 1.77 bits per heavy atom. The van der Waals surface area contributed by atoms with Gasteiger partial charge in [0.1, 0.15) is 0 Å². The Balaban J connectivity index is 3.06. The topological polar surface area (TPSA) is 77.8 Å². The number of anilines is 1. The Bertz CT molecular complexity index is 334. The molecule has 13 heavy (non-hydrogen) atoms. The summed E-state index contributed by atoms with van der Waals surface area (Å²) in [4.78, 5) is 27.7. The molecule has 1 radical (unpaired) electrons. The summed E-state index contributed by atoms with van der Waals surface area (Å²) < 4.78 is 11.0. The Labute approximate surface area is 74.8 Å². The molecule has 0 unspecified atom stereocenters. The normalized spacial score (nSPS) is 10.9. The van der Waals surface area contributed by atoms with Gasteiger partial charge < -0.3 is 9.79 Å². The van der Waals surface area contributed by atoms with Crippen LogP contribution in [0.25, 0.3) is 0 Å². The van der Waals surface area contributed by atoms with Gasteiger partial charge in [0.25, 0.3) is 0 Å². The molecule has 0 heterocycles. The van der Waals surface area contributed by atoms with E-state index in [0.29, 0.717) is 0 Å². The highest BCUT2D eigenvalue weighted by molar-refractivity contribution is 7.54. The van der Waals surface area contributed by atoms with Crippen LogP contribution in [0.5, 0.6) is 0 Å². The van der Waals surface area contributed by atoms with Crippen LogP contribution in [0, 0.1) is 0 Å². The first-order valence-corrected chi connectivity index (χ1v) is 4.91. The van der Waals surface area contributed by atoms with Crippen molar-refractivity contribution in [1.29, 1.82) is 0 Å². The lowest BCUT2D eigenvalue weighted by Gasteiger charge is -2.16. The minimum Gasteiger partial charge on any atom is -0.308 e. The van der Waals surface area contributed by atoms with Gasteiger partial charge in [-0.1, -0.05) is 18.2 Å². The van der Waals surface area contributed by atoms with Crippen molar-refractivity contribution >= 4 is 19.8 Å². The Kier molecular flexibility index (Phi) is 2.83. The quantitative estimate of drug-likeness (QED) is 0.554. The molecule has 1 amide bonds. The summed E-state index contributed by atoms with van der Waals surface area (Å²) in [5.41, 5.74) is 0.117. The van der Waals surface area contributed by atoms with Gasteiger partial charge in [-0.3, -0.25) is 4.79 Å². The van der Waals surface area contributed by atoms with Crippen LogP contribution in [0.3, 0.4) is 0 Å². The predicted molar refractivity (Wildman–Crippen MR) is 46.7 cm³/mol. The minimum atomic E-state index is -4.59. The number of benzene rings is 1. The molecule has 0 fully saturated rings. The number of nitrogens with zero attached hydrogens (tertiary/aromatic N) is 1. The number of hydrogen-bond donors (Lipinski definition) is 2. The van der Waals surface area contributed by atoms with E-state index in [9.17, 15) is 9.36 Å². The zero-order valence-corrected chi connectivity index (χ0v) is 7.39. The third-order valence-corrected chi connectivity index (χ3v) is 2.18. The Morgan fingerprint density at radius 3 is 2.15 bits per heavy atom. The summed E-state index contributed by atoms with van der Waals surface area (Å²) >= 11 is 0. The number of hydrogen-bond acceptors (Lipinski definition) is 2. The van der Waals surface area contributed by atoms with Gasteiger partial charge >= 0.3 is 14.2 Å². The van der Waals surface area contributed by atoms with E-state index in [1.165, 1.54) is 18.5 Å². The largest absolute Gasteiger partial charge is 0.437 e. The third-order valence-electron chi connectivity index (χ3n) is 1.35. The number of amides is 1. The molecular formula is C7H7NO4P. The third kappa shape index (κ3) is 2.39. The van der Waals surface area contributed by atoms with Crippen molar-refractivity contribution in [2.24, 2.45) is 0 Å². The molecule has 1 aromatic carbocycles. The second kappa shape index (κ2) is 3.70. The van der Waals surface area contributed by atoms with E-state index in [4.69, 9.17) is 9.79 Å². The smallest absolute Gasteiger partial charge is 0.308 e. The molecule has 2 N–H and O–H groups in total. The van der Waals surface area contributed by atoms with E-state index >= 15 is 0 Å². The van der Waals surface area contributed by atoms with Crippen molar-refractivity contribution < 1.29 is 19.1 Å². The Hall–Kier alpha value is -1.16. The zero-order valence-electron chi connectivity index (χ0n) is 6.49.